The van der Waals surface area contributed by atoms with Crippen molar-refractivity contribution in [3.05, 3.63) is 32.2 Å². The van der Waals surface area contributed by atoms with Gasteiger partial charge >= 0.3 is 0 Å². The Labute approximate surface area is 104 Å². The van der Waals surface area contributed by atoms with Crippen molar-refractivity contribution in [1.82, 2.24) is 15.3 Å². The zero-order valence-corrected chi connectivity index (χ0v) is 11.1. The van der Waals surface area contributed by atoms with E-state index in [1.807, 2.05) is 18.6 Å². The van der Waals surface area contributed by atoms with E-state index < -0.39 is 0 Å². The van der Waals surface area contributed by atoms with Gasteiger partial charge in [0.05, 0.1) is 11.2 Å². The van der Waals surface area contributed by atoms with Crippen LogP contribution in [0.2, 0.25) is 0 Å². The molecule has 16 heavy (non-hydrogen) atoms. The molecule has 0 spiro atoms. The molecule has 0 aliphatic rings. The lowest BCUT2D eigenvalue weighted by Crippen LogP contribution is -2.12. The van der Waals surface area contributed by atoms with Gasteiger partial charge in [0, 0.05) is 29.0 Å². The van der Waals surface area contributed by atoms with Crippen LogP contribution in [0.3, 0.4) is 0 Å². The van der Waals surface area contributed by atoms with Gasteiger partial charge in [0.1, 0.15) is 5.01 Å². The molecule has 86 valence electrons. The Morgan fingerprint density at radius 1 is 1.31 bits per heavy atom. The Morgan fingerprint density at radius 3 is 2.81 bits per heavy atom. The summed E-state index contributed by atoms with van der Waals surface area (Å²) in [5.74, 6) is 0. The topological polar surface area (TPSA) is 37.8 Å². The SMILES string of the molecule is CCc1cnc(CNCc2scnc2C)s1. The van der Waals surface area contributed by atoms with E-state index >= 15 is 0 Å². The molecule has 0 saturated carbocycles. The zero-order chi connectivity index (χ0) is 11.4. The summed E-state index contributed by atoms with van der Waals surface area (Å²) in [5, 5.41) is 4.57. The second-order valence-electron chi connectivity index (χ2n) is 3.54. The molecule has 0 amide bonds. The average Bonchev–Trinajstić information content (AvgIpc) is 2.89. The van der Waals surface area contributed by atoms with Crippen LogP contribution < -0.4 is 5.32 Å². The summed E-state index contributed by atoms with van der Waals surface area (Å²) in [6.07, 6.45) is 3.05. The summed E-state index contributed by atoms with van der Waals surface area (Å²) in [5.41, 5.74) is 3.02. The van der Waals surface area contributed by atoms with Crippen LogP contribution in [0.15, 0.2) is 11.7 Å². The summed E-state index contributed by atoms with van der Waals surface area (Å²) < 4.78 is 0. The lowest BCUT2D eigenvalue weighted by Gasteiger charge is -2.00. The number of thiazole rings is 2. The first-order valence-electron chi connectivity index (χ1n) is 5.33. The minimum absolute atomic E-state index is 0.849. The Morgan fingerprint density at radius 2 is 2.19 bits per heavy atom. The third-order valence-electron chi connectivity index (χ3n) is 2.36. The molecule has 3 nitrogen and oxygen atoms in total. The Hall–Kier alpha value is -0.780. The van der Waals surface area contributed by atoms with Crippen LogP contribution in [0.1, 0.15) is 27.4 Å². The van der Waals surface area contributed by atoms with Gasteiger partial charge in [0.2, 0.25) is 0 Å². The molecule has 0 aliphatic heterocycles. The van der Waals surface area contributed by atoms with E-state index in [0.717, 1.165) is 25.2 Å². The summed E-state index contributed by atoms with van der Waals surface area (Å²) in [6, 6.07) is 0. The predicted octanol–water partition coefficient (Wildman–Crippen LogP) is 2.76. The summed E-state index contributed by atoms with van der Waals surface area (Å²) in [7, 11) is 0. The van der Waals surface area contributed by atoms with E-state index in [0.29, 0.717) is 0 Å². The number of aromatic nitrogens is 2. The Bertz CT molecular complexity index is 448. The number of hydrogen-bond donors (Lipinski definition) is 1. The van der Waals surface area contributed by atoms with Crippen LogP contribution in [0.5, 0.6) is 0 Å². The van der Waals surface area contributed by atoms with Crippen LogP contribution in [0.4, 0.5) is 0 Å². The van der Waals surface area contributed by atoms with Gasteiger partial charge in [-0.2, -0.15) is 0 Å². The summed E-state index contributed by atoms with van der Waals surface area (Å²) in [4.78, 5) is 11.3. The second-order valence-corrected chi connectivity index (χ2v) is 5.68. The van der Waals surface area contributed by atoms with Gasteiger partial charge in [0.25, 0.3) is 0 Å². The highest BCUT2D eigenvalue weighted by Gasteiger charge is 2.02. The van der Waals surface area contributed by atoms with Crippen molar-refractivity contribution in [3.63, 3.8) is 0 Å². The van der Waals surface area contributed by atoms with Crippen LogP contribution in [0, 0.1) is 6.92 Å². The molecule has 2 heterocycles. The maximum absolute atomic E-state index is 4.37. The molecule has 0 saturated heterocycles. The zero-order valence-electron chi connectivity index (χ0n) is 9.49. The first kappa shape index (κ1) is 11.7. The number of aryl methyl sites for hydroxylation is 2. The van der Waals surface area contributed by atoms with Crippen molar-refractivity contribution >= 4 is 22.7 Å². The van der Waals surface area contributed by atoms with E-state index in [1.54, 1.807) is 22.7 Å². The molecule has 5 heteroatoms. The van der Waals surface area contributed by atoms with Crippen molar-refractivity contribution in [3.8, 4) is 0 Å². The minimum Gasteiger partial charge on any atom is -0.305 e. The molecular weight excluding hydrogens is 238 g/mol. The fourth-order valence-electron chi connectivity index (χ4n) is 1.37. The van der Waals surface area contributed by atoms with E-state index in [1.165, 1.54) is 14.8 Å². The third-order valence-corrected chi connectivity index (χ3v) is 4.43. The number of rotatable bonds is 5. The first-order valence-corrected chi connectivity index (χ1v) is 7.02. The van der Waals surface area contributed by atoms with Crippen LogP contribution in [-0.4, -0.2) is 9.97 Å². The van der Waals surface area contributed by atoms with Crippen molar-refractivity contribution in [2.24, 2.45) is 0 Å². The predicted molar refractivity (Wildman–Crippen MR) is 68.9 cm³/mol. The van der Waals surface area contributed by atoms with Gasteiger partial charge in [-0.1, -0.05) is 6.92 Å². The lowest BCUT2D eigenvalue weighted by molar-refractivity contribution is 0.693. The van der Waals surface area contributed by atoms with Gasteiger partial charge in [0.15, 0.2) is 0 Å². The smallest absolute Gasteiger partial charge is 0.107 e. The average molecular weight is 253 g/mol. The van der Waals surface area contributed by atoms with Crippen molar-refractivity contribution < 1.29 is 0 Å². The number of nitrogens with one attached hydrogen (secondary N) is 1. The molecule has 2 aromatic rings. The highest BCUT2D eigenvalue weighted by molar-refractivity contribution is 7.11. The molecule has 1 N–H and O–H groups in total. The maximum atomic E-state index is 4.37. The van der Waals surface area contributed by atoms with E-state index in [9.17, 15) is 0 Å². The van der Waals surface area contributed by atoms with Gasteiger partial charge < -0.3 is 5.32 Å². The summed E-state index contributed by atoms with van der Waals surface area (Å²) in [6.45, 7) is 5.94. The molecular formula is C11H15N3S2. The second kappa shape index (κ2) is 5.52. The summed E-state index contributed by atoms with van der Waals surface area (Å²) >= 11 is 3.49. The molecule has 2 aromatic heterocycles. The molecule has 2 rings (SSSR count). The van der Waals surface area contributed by atoms with Gasteiger partial charge in [-0.25, -0.2) is 9.97 Å². The van der Waals surface area contributed by atoms with E-state index in [-0.39, 0.29) is 0 Å². The molecule has 0 fully saturated rings. The third kappa shape index (κ3) is 2.87. The molecule has 0 atom stereocenters. The Kier molecular flexibility index (Phi) is 4.04. The van der Waals surface area contributed by atoms with Crippen molar-refractivity contribution in [2.45, 2.75) is 33.4 Å². The molecule has 0 aliphatic carbocycles. The van der Waals surface area contributed by atoms with E-state index in [4.69, 9.17) is 0 Å². The maximum Gasteiger partial charge on any atom is 0.107 e. The van der Waals surface area contributed by atoms with Gasteiger partial charge in [-0.15, -0.1) is 22.7 Å². The molecule has 0 bridgehead atoms. The number of hydrogen-bond acceptors (Lipinski definition) is 5. The molecule has 0 unspecified atom stereocenters. The fourth-order valence-corrected chi connectivity index (χ4v) is 2.95. The van der Waals surface area contributed by atoms with Crippen molar-refractivity contribution in [1.29, 1.82) is 0 Å². The Balaban J connectivity index is 1.82. The van der Waals surface area contributed by atoms with Crippen LogP contribution >= 0.6 is 22.7 Å². The number of nitrogens with zero attached hydrogens (tertiary/aromatic N) is 2. The highest BCUT2D eigenvalue weighted by Crippen LogP contribution is 2.14. The monoisotopic (exact) mass is 253 g/mol. The van der Waals surface area contributed by atoms with Gasteiger partial charge in [-0.05, 0) is 13.3 Å². The van der Waals surface area contributed by atoms with Crippen molar-refractivity contribution in [2.75, 3.05) is 0 Å². The van der Waals surface area contributed by atoms with E-state index in [2.05, 4.69) is 22.2 Å². The minimum atomic E-state index is 0.849. The molecule has 0 radical (unpaired) electrons. The van der Waals surface area contributed by atoms with Crippen LogP contribution in [0.25, 0.3) is 0 Å². The standard InChI is InChI=1S/C11H15N3S2/c1-3-9-4-13-11(16-9)6-12-5-10-8(2)14-7-15-10/h4,7,12H,3,5-6H2,1-2H3. The van der Waals surface area contributed by atoms with Gasteiger partial charge in [-0.3, -0.25) is 0 Å². The first-order chi connectivity index (χ1) is 7.79. The fraction of sp³-hybridized carbons (Fsp3) is 0.455. The largest absolute Gasteiger partial charge is 0.305 e. The lowest BCUT2D eigenvalue weighted by atomic mass is 10.4. The molecule has 0 aromatic carbocycles. The normalized spacial score (nSPS) is 10.9. The van der Waals surface area contributed by atoms with Crippen LogP contribution in [-0.2, 0) is 19.5 Å². The quantitative estimate of drug-likeness (QED) is 0.890. The highest BCUT2D eigenvalue weighted by atomic mass is 32.1.